The maximum Gasteiger partial charge on any atom is 0.337 e. The molecule has 2 aromatic heterocycles. The third kappa shape index (κ3) is 6.30. The highest BCUT2D eigenvalue weighted by Crippen LogP contribution is 2.30. The molecule has 0 aliphatic heterocycles. The predicted molar refractivity (Wildman–Crippen MR) is 139 cm³/mol. The molecule has 0 spiro atoms. The Hall–Kier alpha value is -3.67. The molecule has 0 aliphatic carbocycles. The minimum Gasteiger partial charge on any atom is -0.478 e. The van der Waals surface area contributed by atoms with Crippen LogP contribution in [0.25, 0.3) is 11.1 Å². The molecule has 0 saturated heterocycles. The van der Waals surface area contributed by atoms with Gasteiger partial charge in [0.1, 0.15) is 5.69 Å². The lowest BCUT2D eigenvalue weighted by Crippen LogP contribution is -2.20. The fourth-order valence-corrected chi connectivity index (χ4v) is 4.22. The van der Waals surface area contributed by atoms with E-state index in [1.54, 1.807) is 19.2 Å². The van der Waals surface area contributed by atoms with Gasteiger partial charge in [0.05, 0.1) is 34.4 Å². The third-order valence-corrected chi connectivity index (χ3v) is 6.41. The monoisotopic (exact) mass is 561 g/mol. The van der Waals surface area contributed by atoms with E-state index in [1.165, 1.54) is 40.8 Å². The second-order valence-corrected chi connectivity index (χ2v) is 9.33. The van der Waals surface area contributed by atoms with E-state index in [1.807, 2.05) is 0 Å². The molecule has 3 aromatic rings. The van der Waals surface area contributed by atoms with Crippen LogP contribution in [-0.2, 0) is 14.1 Å². The minimum atomic E-state index is -1.13. The molecule has 0 saturated carbocycles. The number of ether oxygens (including phenoxy) is 1. The van der Waals surface area contributed by atoms with Crippen molar-refractivity contribution in [2.75, 3.05) is 18.5 Å². The number of hydrogen-bond donors (Lipinski definition) is 2. The lowest BCUT2D eigenvalue weighted by molar-refractivity contribution is -0.384. The molecule has 0 amide bonds. The van der Waals surface area contributed by atoms with Crippen molar-refractivity contribution in [3.05, 3.63) is 67.2 Å². The Kier molecular flexibility index (Phi) is 8.86. The topological polar surface area (TPSA) is 142 Å². The van der Waals surface area contributed by atoms with Gasteiger partial charge in [0.2, 0.25) is 5.88 Å². The highest BCUT2D eigenvalue weighted by Gasteiger charge is 2.19. The number of benzene rings is 1. The zero-order chi connectivity index (χ0) is 26.4. The van der Waals surface area contributed by atoms with Crippen LogP contribution in [0, 0.1) is 16.0 Å². The van der Waals surface area contributed by atoms with Gasteiger partial charge in [-0.15, -0.1) is 0 Å². The van der Waals surface area contributed by atoms with Crippen molar-refractivity contribution < 1.29 is 19.6 Å². The molecule has 36 heavy (non-hydrogen) atoms. The molecule has 12 heteroatoms. The summed E-state index contributed by atoms with van der Waals surface area (Å²) in [6, 6.07) is 6.13. The molecular weight excluding hydrogens is 534 g/mol. The summed E-state index contributed by atoms with van der Waals surface area (Å²) < 4.78 is 9.46. The Balaban J connectivity index is 1.64. The molecule has 0 fully saturated rings. The van der Waals surface area contributed by atoms with Gasteiger partial charge in [-0.25, -0.2) is 9.48 Å². The van der Waals surface area contributed by atoms with Crippen molar-refractivity contribution in [1.82, 2.24) is 14.3 Å². The second-order valence-electron chi connectivity index (χ2n) is 8.42. The molecule has 1 aromatic carbocycles. The number of nitro benzene ring substituents is 1. The first kappa shape index (κ1) is 26.9. The zero-order valence-electron chi connectivity index (χ0n) is 20.2. The number of carboxylic acids is 1. The summed E-state index contributed by atoms with van der Waals surface area (Å²) in [5, 5.41) is 28.0. The van der Waals surface area contributed by atoms with Crippen molar-refractivity contribution in [1.29, 1.82) is 0 Å². The van der Waals surface area contributed by atoms with Crippen molar-refractivity contribution in [2.24, 2.45) is 20.0 Å². The highest BCUT2D eigenvalue weighted by molar-refractivity contribution is 9.10. The van der Waals surface area contributed by atoms with Gasteiger partial charge in [-0.05, 0) is 37.0 Å². The average molecular weight is 562 g/mol. The molecule has 11 nitrogen and oxygen atoms in total. The van der Waals surface area contributed by atoms with E-state index in [4.69, 9.17) is 4.74 Å². The summed E-state index contributed by atoms with van der Waals surface area (Å²) >= 11 is 3.35. The summed E-state index contributed by atoms with van der Waals surface area (Å²) in [4.78, 5) is 35.0. The van der Waals surface area contributed by atoms with Gasteiger partial charge in [0.25, 0.3) is 11.2 Å². The standard InChI is InChI=1S/C24H28BrN5O6/c1-4-15(12-26-20-11-17(25)7-8-21(20)30(34)35)6-5-9-36-23-19(13-27-29(23)3)18-10-16(24(32)33)14-28(2)22(18)31/h7-8,10-11,13-15,26H,4-6,9,12H2,1-3H3,(H,32,33). The van der Waals surface area contributed by atoms with Crippen molar-refractivity contribution in [3.8, 4) is 17.0 Å². The van der Waals surface area contributed by atoms with E-state index < -0.39 is 10.9 Å². The number of carbonyl (C=O) groups is 1. The Morgan fingerprint density at radius 3 is 2.72 bits per heavy atom. The molecular formula is C24H28BrN5O6. The Morgan fingerprint density at radius 2 is 2.06 bits per heavy atom. The number of aromatic carboxylic acids is 1. The van der Waals surface area contributed by atoms with Crippen molar-refractivity contribution in [2.45, 2.75) is 26.2 Å². The van der Waals surface area contributed by atoms with Gasteiger partial charge < -0.3 is 19.7 Å². The lowest BCUT2D eigenvalue weighted by atomic mass is 10.0. The highest BCUT2D eigenvalue weighted by atomic mass is 79.9. The fourth-order valence-electron chi connectivity index (χ4n) is 3.86. The summed E-state index contributed by atoms with van der Waals surface area (Å²) in [5.41, 5.74) is 0.762. The van der Waals surface area contributed by atoms with Crippen molar-refractivity contribution >= 4 is 33.3 Å². The van der Waals surface area contributed by atoms with Crippen LogP contribution in [0.15, 0.2) is 45.9 Å². The summed E-state index contributed by atoms with van der Waals surface area (Å²) in [6.07, 6.45) is 5.16. The predicted octanol–water partition coefficient (Wildman–Crippen LogP) is 4.45. The van der Waals surface area contributed by atoms with Crippen LogP contribution in [0.1, 0.15) is 36.5 Å². The molecule has 2 N–H and O–H groups in total. The Morgan fingerprint density at radius 1 is 1.31 bits per heavy atom. The SMILES string of the molecule is CCC(CCCOc1c(-c2cc(C(=O)O)cn(C)c2=O)cnn1C)CNc1cc(Br)ccc1[N+](=O)[O-]. The van der Waals surface area contributed by atoms with E-state index in [-0.39, 0.29) is 28.3 Å². The number of anilines is 1. The maximum absolute atomic E-state index is 12.7. The quantitative estimate of drug-likeness (QED) is 0.187. The number of hydrogen-bond acceptors (Lipinski definition) is 7. The van der Waals surface area contributed by atoms with Crippen LogP contribution in [0.5, 0.6) is 5.88 Å². The third-order valence-electron chi connectivity index (χ3n) is 5.91. The number of nitrogens with zero attached hydrogens (tertiary/aromatic N) is 4. The van der Waals surface area contributed by atoms with Crippen LogP contribution in [0.4, 0.5) is 11.4 Å². The van der Waals surface area contributed by atoms with Crippen LogP contribution in [0.3, 0.4) is 0 Å². The van der Waals surface area contributed by atoms with Gasteiger partial charge in [-0.1, -0.05) is 29.3 Å². The number of pyridine rings is 1. The normalized spacial score (nSPS) is 11.8. The summed E-state index contributed by atoms with van der Waals surface area (Å²) in [6.45, 7) is 2.99. The van der Waals surface area contributed by atoms with Crippen LogP contribution in [-0.4, -0.2) is 43.5 Å². The van der Waals surface area contributed by atoms with Crippen molar-refractivity contribution in [3.63, 3.8) is 0 Å². The lowest BCUT2D eigenvalue weighted by Gasteiger charge is -2.17. The van der Waals surface area contributed by atoms with E-state index in [0.717, 1.165) is 17.3 Å². The Bertz CT molecular complexity index is 1320. The first-order valence-electron chi connectivity index (χ1n) is 11.4. The number of nitro groups is 1. The number of aromatic nitrogens is 3. The maximum atomic E-state index is 12.7. The second kappa shape index (κ2) is 11.8. The molecule has 0 radical (unpaired) electrons. The zero-order valence-corrected chi connectivity index (χ0v) is 21.8. The van der Waals surface area contributed by atoms with Crippen LogP contribution >= 0.6 is 15.9 Å². The summed E-state index contributed by atoms with van der Waals surface area (Å²) in [5.74, 6) is -0.492. The minimum absolute atomic E-state index is 0.00845. The van der Waals surface area contributed by atoms with Gasteiger partial charge in [0.15, 0.2) is 0 Å². The van der Waals surface area contributed by atoms with Gasteiger partial charge in [0, 0.05) is 37.4 Å². The average Bonchev–Trinajstić information content (AvgIpc) is 3.19. The van der Waals surface area contributed by atoms with E-state index >= 15 is 0 Å². The molecule has 0 bridgehead atoms. The molecule has 1 atom stereocenters. The van der Waals surface area contributed by atoms with Gasteiger partial charge in [-0.3, -0.25) is 14.9 Å². The number of carboxylic acid groups (broad SMARTS) is 1. The van der Waals surface area contributed by atoms with Crippen LogP contribution in [0.2, 0.25) is 0 Å². The summed E-state index contributed by atoms with van der Waals surface area (Å²) in [7, 11) is 3.19. The largest absolute Gasteiger partial charge is 0.478 e. The molecule has 1 unspecified atom stereocenters. The fraction of sp³-hybridized carbons (Fsp3) is 0.375. The smallest absolute Gasteiger partial charge is 0.337 e. The molecule has 0 aliphatic rings. The molecule has 2 heterocycles. The number of aryl methyl sites for hydroxylation is 2. The van der Waals surface area contributed by atoms with E-state index in [9.17, 15) is 24.8 Å². The van der Waals surface area contributed by atoms with Gasteiger partial charge >= 0.3 is 5.97 Å². The number of halogens is 1. The number of nitrogens with one attached hydrogen (secondary N) is 1. The van der Waals surface area contributed by atoms with Gasteiger partial charge in [-0.2, -0.15) is 5.10 Å². The first-order valence-corrected chi connectivity index (χ1v) is 12.2. The van der Waals surface area contributed by atoms with Crippen LogP contribution < -0.4 is 15.6 Å². The molecule has 192 valence electrons. The first-order chi connectivity index (χ1) is 17.1. The van der Waals surface area contributed by atoms with E-state index in [2.05, 4.69) is 33.3 Å². The number of rotatable bonds is 12. The molecule has 3 rings (SSSR count). The van der Waals surface area contributed by atoms with E-state index in [0.29, 0.717) is 36.7 Å². The Labute approximate surface area is 216 Å².